The Morgan fingerprint density at radius 1 is 1.17 bits per heavy atom. The second kappa shape index (κ2) is 8.42. The summed E-state index contributed by atoms with van der Waals surface area (Å²) in [5, 5.41) is 7.06. The number of nitrogens with zero attached hydrogens (tertiary/aromatic N) is 1. The molecule has 150 valence electrons. The van der Waals surface area contributed by atoms with Crippen molar-refractivity contribution < 1.29 is 18.4 Å². The summed E-state index contributed by atoms with van der Waals surface area (Å²) in [5.41, 5.74) is 1.59. The van der Waals surface area contributed by atoms with Gasteiger partial charge in [-0.05, 0) is 35.9 Å². The van der Waals surface area contributed by atoms with E-state index >= 15 is 0 Å². The summed E-state index contributed by atoms with van der Waals surface area (Å²) in [6.45, 7) is 0. The number of rotatable bonds is 4. The smallest absolute Gasteiger partial charge is 0.263 e. The van der Waals surface area contributed by atoms with Gasteiger partial charge in [-0.25, -0.2) is 13.8 Å². The van der Waals surface area contributed by atoms with Crippen molar-refractivity contribution in [2.75, 3.05) is 5.32 Å². The number of hydrogen-bond acceptors (Lipinski definition) is 6. The number of aromatic nitrogens is 1. The summed E-state index contributed by atoms with van der Waals surface area (Å²) in [7, 11) is 0. The van der Waals surface area contributed by atoms with Gasteiger partial charge in [0.2, 0.25) is 0 Å². The fourth-order valence-electron chi connectivity index (χ4n) is 2.62. The highest BCUT2D eigenvalue weighted by molar-refractivity contribution is 8.26. The third kappa shape index (κ3) is 4.45. The molecule has 0 aliphatic carbocycles. The van der Waals surface area contributed by atoms with Gasteiger partial charge in [0.1, 0.15) is 16.0 Å². The van der Waals surface area contributed by atoms with E-state index in [1.54, 1.807) is 35.7 Å². The summed E-state index contributed by atoms with van der Waals surface area (Å²) < 4.78 is 27.4. The van der Waals surface area contributed by atoms with Crippen LogP contribution in [-0.4, -0.2) is 21.1 Å². The van der Waals surface area contributed by atoms with E-state index < -0.39 is 11.6 Å². The number of anilines is 1. The standard InChI is InChI=1S/C20H11F2N3O2S3/c21-12-5-6-13(14(22)8-12)15-9-29-19(23-15)24-17(26)11-3-1-10(2-4-11)7-16-18(27)25-20(28)30-16/h1-9H,(H,23,24,26)(H,25,27,28)/b16-7-. The van der Waals surface area contributed by atoms with Crippen molar-refractivity contribution in [3.05, 3.63) is 75.5 Å². The molecule has 1 fully saturated rings. The van der Waals surface area contributed by atoms with Crippen LogP contribution in [0.4, 0.5) is 13.9 Å². The number of amides is 2. The number of hydrogen-bond donors (Lipinski definition) is 2. The molecule has 3 aromatic rings. The van der Waals surface area contributed by atoms with Gasteiger partial charge in [-0.1, -0.05) is 36.1 Å². The summed E-state index contributed by atoms with van der Waals surface area (Å²) in [6.07, 6.45) is 1.69. The molecule has 0 saturated carbocycles. The lowest BCUT2D eigenvalue weighted by atomic mass is 10.1. The van der Waals surface area contributed by atoms with Gasteiger partial charge in [-0.3, -0.25) is 14.9 Å². The Morgan fingerprint density at radius 2 is 1.93 bits per heavy atom. The fourth-order valence-corrected chi connectivity index (χ4v) is 4.37. The van der Waals surface area contributed by atoms with Gasteiger partial charge in [0.15, 0.2) is 5.13 Å². The molecule has 1 aromatic heterocycles. The maximum absolute atomic E-state index is 13.9. The Morgan fingerprint density at radius 3 is 2.60 bits per heavy atom. The Kier molecular flexibility index (Phi) is 5.71. The fraction of sp³-hybridized carbons (Fsp3) is 0. The predicted molar refractivity (Wildman–Crippen MR) is 118 cm³/mol. The molecule has 30 heavy (non-hydrogen) atoms. The van der Waals surface area contributed by atoms with E-state index in [-0.39, 0.29) is 22.5 Å². The van der Waals surface area contributed by atoms with E-state index in [0.29, 0.717) is 20.5 Å². The zero-order chi connectivity index (χ0) is 21.3. The zero-order valence-electron chi connectivity index (χ0n) is 14.9. The zero-order valence-corrected chi connectivity index (χ0v) is 17.4. The van der Waals surface area contributed by atoms with Crippen LogP contribution in [0.15, 0.2) is 52.7 Å². The number of halogens is 2. The molecule has 5 nitrogen and oxygen atoms in total. The Balaban J connectivity index is 1.46. The lowest BCUT2D eigenvalue weighted by molar-refractivity contribution is -0.115. The molecule has 2 amide bonds. The molecule has 1 aliphatic rings. The number of carbonyl (C=O) groups is 2. The molecule has 10 heteroatoms. The number of thioether (sulfide) groups is 1. The van der Waals surface area contributed by atoms with Crippen LogP contribution in [0.3, 0.4) is 0 Å². The highest BCUT2D eigenvalue weighted by Gasteiger charge is 2.22. The monoisotopic (exact) mass is 459 g/mol. The highest BCUT2D eigenvalue weighted by atomic mass is 32.2. The number of nitrogens with one attached hydrogen (secondary N) is 2. The molecule has 1 saturated heterocycles. The summed E-state index contributed by atoms with van der Waals surface area (Å²) in [6, 6.07) is 9.88. The normalized spacial score (nSPS) is 14.8. The summed E-state index contributed by atoms with van der Waals surface area (Å²) >= 11 is 7.26. The van der Waals surface area contributed by atoms with E-state index in [4.69, 9.17) is 12.2 Å². The minimum atomic E-state index is -0.724. The number of thiazole rings is 1. The van der Waals surface area contributed by atoms with Gasteiger partial charge < -0.3 is 5.32 Å². The van der Waals surface area contributed by atoms with Crippen LogP contribution >= 0.6 is 35.3 Å². The molecule has 0 atom stereocenters. The second-order valence-electron chi connectivity index (χ2n) is 6.09. The van der Waals surface area contributed by atoms with E-state index in [1.807, 2.05) is 0 Å². The Hall–Kier alpha value is -2.95. The largest absolute Gasteiger partial charge is 0.307 e. The second-order valence-corrected chi connectivity index (χ2v) is 8.67. The Bertz CT molecular complexity index is 1210. The molecule has 1 aliphatic heterocycles. The van der Waals surface area contributed by atoms with Crippen LogP contribution in [0.1, 0.15) is 15.9 Å². The maximum Gasteiger partial charge on any atom is 0.263 e. The van der Waals surface area contributed by atoms with Crippen LogP contribution in [0.25, 0.3) is 17.3 Å². The average molecular weight is 460 g/mol. The first kappa shape index (κ1) is 20.3. The van der Waals surface area contributed by atoms with Gasteiger partial charge in [-0.15, -0.1) is 11.3 Å². The van der Waals surface area contributed by atoms with Gasteiger partial charge in [0.05, 0.1) is 10.6 Å². The first-order valence-corrected chi connectivity index (χ1v) is 10.6. The lowest BCUT2D eigenvalue weighted by Crippen LogP contribution is -2.17. The highest BCUT2D eigenvalue weighted by Crippen LogP contribution is 2.28. The number of benzene rings is 2. The van der Waals surface area contributed by atoms with Gasteiger partial charge in [-0.2, -0.15) is 0 Å². The topological polar surface area (TPSA) is 71.1 Å². The van der Waals surface area contributed by atoms with Crippen molar-refractivity contribution in [3.63, 3.8) is 0 Å². The SMILES string of the molecule is O=C1NC(=S)S/C1=C\c1ccc(C(=O)Nc2nc(-c3ccc(F)cc3F)cs2)cc1. The van der Waals surface area contributed by atoms with Gasteiger partial charge in [0.25, 0.3) is 11.8 Å². The van der Waals surface area contributed by atoms with Crippen molar-refractivity contribution in [2.24, 2.45) is 0 Å². The van der Waals surface area contributed by atoms with E-state index in [0.717, 1.165) is 29.0 Å². The molecular weight excluding hydrogens is 448 g/mol. The maximum atomic E-state index is 13.9. The van der Waals surface area contributed by atoms with Crippen LogP contribution < -0.4 is 10.6 Å². The molecule has 0 bridgehead atoms. The number of carbonyl (C=O) groups excluding carboxylic acids is 2. The van der Waals surface area contributed by atoms with Crippen molar-refractivity contribution >= 4 is 62.7 Å². The number of thiocarbonyl (C=S) groups is 1. The molecule has 4 rings (SSSR count). The third-order valence-electron chi connectivity index (χ3n) is 4.04. The van der Waals surface area contributed by atoms with Crippen molar-refractivity contribution in [1.82, 2.24) is 10.3 Å². The Labute approximate surface area is 183 Å². The molecule has 0 radical (unpaired) electrons. The summed E-state index contributed by atoms with van der Waals surface area (Å²) in [4.78, 5) is 28.8. The van der Waals surface area contributed by atoms with E-state index in [2.05, 4.69) is 15.6 Å². The molecular formula is C20H11F2N3O2S3. The van der Waals surface area contributed by atoms with Crippen molar-refractivity contribution in [2.45, 2.75) is 0 Å². The average Bonchev–Trinajstić information content (AvgIpc) is 3.28. The lowest BCUT2D eigenvalue weighted by Gasteiger charge is -2.03. The minimum Gasteiger partial charge on any atom is -0.307 e. The quantitative estimate of drug-likeness (QED) is 0.432. The predicted octanol–water partition coefficient (Wildman–Crippen LogP) is 4.83. The first-order chi connectivity index (χ1) is 14.4. The van der Waals surface area contributed by atoms with E-state index in [1.165, 1.54) is 17.8 Å². The minimum absolute atomic E-state index is 0.152. The van der Waals surface area contributed by atoms with Crippen LogP contribution in [0.2, 0.25) is 0 Å². The van der Waals surface area contributed by atoms with E-state index in [9.17, 15) is 18.4 Å². The summed E-state index contributed by atoms with van der Waals surface area (Å²) in [5.74, 6) is -2.03. The third-order valence-corrected chi connectivity index (χ3v) is 5.96. The molecule has 2 aromatic carbocycles. The van der Waals surface area contributed by atoms with Gasteiger partial charge in [0, 0.05) is 22.6 Å². The van der Waals surface area contributed by atoms with Gasteiger partial charge >= 0.3 is 0 Å². The van der Waals surface area contributed by atoms with Crippen molar-refractivity contribution in [3.8, 4) is 11.3 Å². The first-order valence-electron chi connectivity index (χ1n) is 8.46. The van der Waals surface area contributed by atoms with Crippen LogP contribution in [-0.2, 0) is 4.79 Å². The van der Waals surface area contributed by atoms with Crippen LogP contribution in [0, 0.1) is 11.6 Å². The molecule has 2 heterocycles. The molecule has 2 N–H and O–H groups in total. The van der Waals surface area contributed by atoms with Crippen LogP contribution in [0.5, 0.6) is 0 Å². The molecule has 0 unspecified atom stereocenters. The molecule has 0 spiro atoms. The van der Waals surface area contributed by atoms with Crippen molar-refractivity contribution in [1.29, 1.82) is 0 Å².